The summed E-state index contributed by atoms with van der Waals surface area (Å²) in [5, 5.41) is 36.5. The van der Waals surface area contributed by atoms with Crippen molar-refractivity contribution in [2.24, 2.45) is 0 Å². The molecular weight excluding hydrogens is 489 g/mol. The van der Waals surface area contributed by atoms with Gasteiger partial charge < -0.3 is 0 Å². The lowest BCUT2D eigenvalue weighted by molar-refractivity contribution is 0.764. The smallest absolute Gasteiger partial charge is 0.131 e. The topological polar surface area (TPSA) is 95.2 Å². The van der Waals surface area contributed by atoms with Crippen molar-refractivity contribution in [1.29, 1.82) is 21.0 Å². The van der Waals surface area contributed by atoms with Crippen LogP contribution in [-0.4, -0.2) is 0 Å². The molecule has 0 spiro atoms. The van der Waals surface area contributed by atoms with Crippen LogP contribution in [0, 0.1) is 45.3 Å². The van der Waals surface area contributed by atoms with E-state index in [1.54, 1.807) is 46.2 Å². The maximum atomic E-state index is 9.12. The Balaban J connectivity index is 2.14. The van der Waals surface area contributed by atoms with Crippen LogP contribution in [0.1, 0.15) is 60.4 Å². The Morgan fingerprint density at radius 1 is 0.657 bits per heavy atom. The van der Waals surface area contributed by atoms with E-state index in [9.17, 15) is 0 Å². The summed E-state index contributed by atoms with van der Waals surface area (Å²) >= 11 is 5.01. The summed E-state index contributed by atoms with van der Waals surface area (Å²) in [6.45, 7) is 4.41. The molecule has 0 aliphatic heterocycles. The van der Waals surface area contributed by atoms with Gasteiger partial charge in [-0.05, 0) is 73.2 Å². The van der Waals surface area contributed by atoms with E-state index in [1.165, 1.54) is 20.9 Å². The Labute approximate surface area is 218 Å². The summed E-state index contributed by atoms with van der Waals surface area (Å²) in [6, 6.07) is 15.9. The van der Waals surface area contributed by atoms with Gasteiger partial charge in [-0.3, -0.25) is 0 Å². The molecule has 7 heteroatoms. The van der Waals surface area contributed by atoms with Crippen molar-refractivity contribution < 1.29 is 0 Å². The summed E-state index contributed by atoms with van der Waals surface area (Å²) in [7, 11) is 0. The third-order valence-electron chi connectivity index (χ3n) is 5.43. The van der Waals surface area contributed by atoms with Crippen molar-refractivity contribution in [2.45, 2.75) is 52.4 Å². The second kappa shape index (κ2) is 12.9. The maximum Gasteiger partial charge on any atom is 0.131 e. The van der Waals surface area contributed by atoms with Crippen LogP contribution < -0.4 is 0 Å². The highest BCUT2D eigenvalue weighted by atomic mass is 32.1. The van der Waals surface area contributed by atoms with Crippen LogP contribution in [0.5, 0.6) is 0 Å². The summed E-state index contributed by atoms with van der Waals surface area (Å²) in [4.78, 5) is 6.63. The van der Waals surface area contributed by atoms with Crippen molar-refractivity contribution in [1.82, 2.24) is 0 Å². The normalized spacial score (nSPS) is 10.0. The van der Waals surface area contributed by atoms with Crippen LogP contribution in [0.4, 0.5) is 0 Å². The summed E-state index contributed by atoms with van der Waals surface area (Å²) in [5.74, 6) is 0. The zero-order valence-corrected chi connectivity index (χ0v) is 22.2. The molecule has 3 rings (SSSR count). The fourth-order valence-electron chi connectivity index (χ4n) is 3.70. The van der Waals surface area contributed by atoms with E-state index >= 15 is 0 Å². The third-order valence-corrected chi connectivity index (χ3v) is 9.13. The van der Waals surface area contributed by atoms with Crippen LogP contribution in [0.25, 0.3) is 31.7 Å². The number of nitrogens with zero attached hydrogens (tertiary/aromatic N) is 4. The molecule has 0 amide bonds. The summed E-state index contributed by atoms with van der Waals surface area (Å²) < 4.78 is 0. The van der Waals surface area contributed by atoms with Gasteiger partial charge in [0.2, 0.25) is 0 Å². The van der Waals surface area contributed by atoms with Crippen molar-refractivity contribution in [3.8, 4) is 43.8 Å². The second-order valence-electron chi connectivity index (χ2n) is 7.89. The van der Waals surface area contributed by atoms with E-state index in [-0.39, 0.29) is 11.1 Å². The van der Waals surface area contributed by atoms with Gasteiger partial charge >= 0.3 is 0 Å². The van der Waals surface area contributed by atoms with Gasteiger partial charge in [0, 0.05) is 29.3 Å². The monoisotopic (exact) mass is 512 g/mol. The lowest BCUT2D eigenvalue weighted by Gasteiger charge is -2.08. The Kier molecular flexibility index (Phi) is 9.60. The first kappa shape index (κ1) is 26.2. The second-order valence-corrected chi connectivity index (χ2v) is 11.1. The number of thiophene rings is 3. The summed E-state index contributed by atoms with van der Waals surface area (Å²) in [5.41, 5.74) is 3.01. The zero-order valence-electron chi connectivity index (χ0n) is 19.7. The minimum Gasteiger partial charge on any atom is -0.192 e. The Morgan fingerprint density at radius 2 is 1.06 bits per heavy atom. The summed E-state index contributed by atoms with van der Waals surface area (Å²) in [6.07, 6.45) is 9.76. The van der Waals surface area contributed by atoms with Gasteiger partial charge in [0.15, 0.2) is 0 Å². The molecule has 0 aliphatic rings. The van der Waals surface area contributed by atoms with E-state index in [2.05, 4.69) is 26.0 Å². The molecule has 3 heterocycles. The molecule has 0 bridgehead atoms. The van der Waals surface area contributed by atoms with Crippen LogP contribution in [0.3, 0.4) is 0 Å². The Morgan fingerprint density at radius 3 is 1.40 bits per heavy atom. The van der Waals surface area contributed by atoms with Crippen LogP contribution >= 0.6 is 34.0 Å². The average molecular weight is 513 g/mol. The van der Waals surface area contributed by atoms with E-state index < -0.39 is 0 Å². The molecular formula is C28H24N4S3. The molecule has 0 aromatic carbocycles. The first-order valence-electron chi connectivity index (χ1n) is 11.5. The van der Waals surface area contributed by atoms with E-state index in [1.807, 2.05) is 36.4 Å². The quantitative estimate of drug-likeness (QED) is 0.254. The SMILES string of the molecule is CCCCc1c(-c2ccc(C=C(C#N)C#N)s2)sc(-c2ccc(C=C(C#N)C#N)s2)c1CCCC. The molecule has 0 N–H and O–H groups in total. The number of nitriles is 4. The number of allylic oxidation sites excluding steroid dienone is 2. The van der Waals surface area contributed by atoms with Crippen molar-refractivity contribution in [3.63, 3.8) is 0 Å². The molecule has 174 valence electrons. The fourth-order valence-corrected chi connectivity index (χ4v) is 7.28. The molecule has 0 fully saturated rings. The van der Waals surface area contributed by atoms with E-state index in [4.69, 9.17) is 21.0 Å². The molecule has 3 aromatic rings. The number of hydrogen-bond acceptors (Lipinski definition) is 7. The van der Waals surface area contributed by atoms with Gasteiger partial charge in [-0.2, -0.15) is 21.0 Å². The van der Waals surface area contributed by atoms with Gasteiger partial charge in [0.05, 0.1) is 0 Å². The number of unbranched alkanes of at least 4 members (excludes halogenated alkanes) is 2. The van der Waals surface area contributed by atoms with Crippen LogP contribution in [0.2, 0.25) is 0 Å². The first-order valence-corrected chi connectivity index (χ1v) is 13.9. The fraction of sp³-hybridized carbons (Fsp3) is 0.286. The minimum absolute atomic E-state index is 0.105. The highest BCUT2D eigenvalue weighted by Crippen LogP contribution is 2.47. The van der Waals surface area contributed by atoms with E-state index in [0.29, 0.717) is 0 Å². The molecule has 0 aliphatic carbocycles. The minimum atomic E-state index is 0.105. The third kappa shape index (κ3) is 6.36. The lowest BCUT2D eigenvalue weighted by atomic mass is 9.97. The molecule has 0 unspecified atom stereocenters. The van der Waals surface area contributed by atoms with Gasteiger partial charge in [0.1, 0.15) is 35.4 Å². The van der Waals surface area contributed by atoms with Gasteiger partial charge in [-0.25, -0.2) is 0 Å². The molecule has 3 aromatic heterocycles. The van der Waals surface area contributed by atoms with Crippen LogP contribution in [-0.2, 0) is 12.8 Å². The predicted octanol–water partition coefficient (Wildman–Crippen LogP) is 8.75. The number of rotatable bonds is 10. The van der Waals surface area contributed by atoms with Crippen molar-refractivity contribution in [3.05, 3.63) is 56.3 Å². The zero-order chi connectivity index (χ0) is 25.2. The number of hydrogen-bond donors (Lipinski definition) is 0. The molecule has 0 saturated heterocycles. The van der Waals surface area contributed by atoms with Gasteiger partial charge in [0.25, 0.3) is 0 Å². The van der Waals surface area contributed by atoms with Gasteiger partial charge in [-0.1, -0.05) is 26.7 Å². The molecule has 0 atom stereocenters. The molecule has 35 heavy (non-hydrogen) atoms. The highest BCUT2D eigenvalue weighted by molar-refractivity contribution is 7.27. The van der Waals surface area contributed by atoms with Gasteiger partial charge in [-0.15, -0.1) is 34.0 Å². The lowest BCUT2D eigenvalue weighted by Crippen LogP contribution is -1.94. The average Bonchev–Trinajstić information content (AvgIpc) is 3.61. The largest absolute Gasteiger partial charge is 0.192 e. The highest BCUT2D eigenvalue weighted by Gasteiger charge is 2.22. The standard InChI is InChI=1S/C28H24N4S3/c1-3-5-7-23-24(8-6-4-2)28(26-12-10-22(34-26)14-20(17-31)18-32)35-27(23)25-11-9-21(33-25)13-19(15-29)16-30/h9-14H,3-8H2,1-2H3. The first-order chi connectivity index (χ1) is 17.1. The van der Waals surface area contributed by atoms with Crippen molar-refractivity contribution >= 4 is 46.2 Å². The molecule has 0 radical (unpaired) electrons. The Bertz CT molecular complexity index is 1280. The van der Waals surface area contributed by atoms with Crippen molar-refractivity contribution in [2.75, 3.05) is 0 Å². The molecule has 0 saturated carbocycles. The predicted molar refractivity (Wildman–Crippen MR) is 147 cm³/mol. The Hall–Kier alpha value is -3.46. The maximum absolute atomic E-state index is 9.12. The van der Waals surface area contributed by atoms with Crippen LogP contribution in [0.15, 0.2) is 35.4 Å². The molecule has 4 nitrogen and oxygen atoms in total. The van der Waals surface area contributed by atoms with E-state index in [0.717, 1.165) is 58.0 Å².